The first-order valence-corrected chi connectivity index (χ1v) is 10.4. The summed E-state index contributed by atoms with van der Waals surface area (Å²) in [6.45, 7) is 4.59. The molecule has 5 nitrogen and oxygen atoms in total. The third kappa shape index (κ3) is 5.04. The van der Waals surface area contributed by atoms with Gasteiger partial charge in [-0.3, -0.25) is 9.59 Å². The summed E-state index contributed by atoms with van der Waals surface area (Å²) in [4.78, 5) is 28.1. The molecule has 5 heteroatoms. The molecule has 0 spiro atoms. The average Bonchev–Trinajstić information content (AvgIpc) is 2.70. The molecule has 0 saturated carbocycles. The van der Waals surface area contributed by atoms with Gasteiger partial charge in [0.25, 0.3) is 11.8 Å². The normalized spacial score (nSPS) is 16.6. The van der Waals surface area contributed by atoms with Gasteiger partial charge in [-0.1, -0.05) is 36.4 Å². The molecule has 0 aliphatic heterocycles. The number of aryl methyl sites for hydroxylation is 2. The minimum absolute atomic E-state index is 0.0729. The topological polar surface area (TPSA) is 53.9 Å². The van der Waals surface area contributed by atoms with Crippen LogP contribution in [0, 0.1) is 13.8 Å². The van der Waals surface area contributed by atoms with Crippen LogP contribution in [0.4, 0.5) is 5.69 Å². The fourth-order valence-electron chi connectivity index (χ4n) is 4.10. The van der Waals surface area contributed by atoms with Crippen molar-refractivity contribution in [3.63, 3.8) is 0 Å². The molecular weight excluding hydrogens is 362 g/mol. The number of benzene rings is 2. The first kappa shape index (κ1) is 21.1. The maximum Gasteiger partial charge on any atom is 0.279 e. The fourth-order valence-corrected chi connectivity index (χ4v) is 4.10. The molecule has 1 aliphatic carbocycles. The van der Waals surface area contributed by atoms with Gasteiger partial charge in [0.05, 0.1) is 13.1 Å². The summed E-state index contributed by atoms with van der Waals surface area (Å²) in [5, 5.41) is 2.98. The standard InChI is InChI=1S/C24H31N3O2/c1-17-9-7-13-21(18(17)2)25-23(28)15-26(3)16-24(29)27(4)22-14-8-11-19-10-5-6-12-20(19)22/h5-7,9-10,12-13,22H,8,11,14-16H2,1-4H3,(H,25,28)/p+1/t22-/m0/s1. The van der Waals surface area contributed by atoms with Crippen molar-refractivity contribution in [2.75, 3.05) is 32.5 Å². The highest BCUT2D eigenvalue weighted by Crippen LogP contribution is 2.33. The van der Waals surface area contributed by atoms with Crippen molar-refractivity contribution in [1.82, 2.24) is 4.90 Å². The van der Waals surface area contributed by atoms with Crippen molar-refractivity contribution in [2.45, 2.75) is 39.2 Å². The Morgan fingerprint density at radius 2 is 1.86 bits per heavy atom. The predicted octanol–water partition coefficient (Wildman–Crippen LogP) is 2.29. The lowest BCUT2D eigenvalue weighted by molar-refractivity contribution is -0.862. The third-order valence-corrected chi connectivity index (χ3v) is 5.99. The smallest absolute Gasteiger partial charge is 0.279 e. The summed E-state index contributed by atoms with van der Waals surface area (Å²) in [7, 11) is 3.78. The van der Waals surface area contributed by atoms with Crippen LogP contribution in [-0.2, 0) is 16.0 Å². The summed E-state index contributed by atoms with van der Waals surface area (Å²) in [5.74, 6) is -0.00148. The van der Waals surface area contributed by atoms with Crippen LogP contribution in [0.25, 0.3) is 0 Å². The number of nitrogens with zero attached hydrogens (tertiary/aromatic N) is 1. The summed E-state index contributed by atoms with van der Waals surface area (Å²) >= 11 is 0. The van der Waals surface area contributed by atoms with E-state index in [4.69, 9.17) is 0 Å². The fraction of sp³-hybridized carbons (Fsp3) is 0.417. The van der Waals surface area contributed by atoms with Crippen LogP contribution in [0.15, 0.2) is 42.5 Å². The first-order valence-electron chi connectivity index (χ1n) is 10.4. The van der Waals surface area contributed by atoms with E-state index in [0.717, 1.165) is 41.0 Å². The number of carbonyl (C=O) groups is 2. The molecule has 0 bridgehead atoms. The van der Waals surface area contributed by atoms with Crippen molar-refractivity contribution < 1.29 is 14.5 Å². The molecule has 2 aromatic carbocycles. The molecule has 2 aromatic rings. The zero-order valence-corrected chi connectivity index (χ0v) is 17.9. The second-order valence-electron chi connectivity index (χ2n) is 8.22. The minimum Gasteiger partial charge on any atom is -0.334 e. The SMILES string of the molecule is Cc1cccc(NC(=O)C[NH+](C)CC(=O)N(C)[C@H]2CCCc3ccccc32)c1C. The number of anilines is 1. The number of hydrogen-bond donors (Lipinski definition) is 2. The summed E-state index contributed by atoms with van der Waals surface area (Å²) in [5.41, 5.74) is 5.67. The molecule has 154 valence electrons. The van der Waals surface area contributed by atoms with Crippen LogP contribution in [0.1, 0.15) is 41.1 Å². The summed E-state index contributed by atoms with van der Waals surface area (Å²) in [6.07, 6.45) is 3.17. The molecule has 29 heavy (non-hydrogen) atoms. The van der Waals surface area contributed by atoms with E-state index < -0.39 is 0 Å². The molecule has 0 radical (unpaired) electrons. The van der Waals surface area contributed by atoms with E-state index in [-0.39, 0.29) is 24.4 Å². The zero-order valence-electron chi connectivity index (χ0n) is 17.9. The number of amides is 2. The van der Waals surface area contributed by atoms with Gasteiger partial charge in [0, 0.05) is 12.7 Å². The van der Waals surface area contributed by atoms with Crippen molar-refractivity contribution in [3.8, 4) is 0 Å². The van der Waals surface area contributed by atoms with Gasteiger partial charge >= 0.3 is 0 Å². The van der Waals surface area contributed by atoms with Gasteiger partial charge in [-0.2, -0.15) is 0 Å². The molecule has 1 aliphatic rings. The monoisotopic (exact) mass is 394 g/mol. The van der Waals surface area contributed by atoms with Crippen molar-refractivity contribution in [1.29, 1.82) is 0 Å². The van der Waals surface area contributed by atoms with Gasteiger partial charge < -0.3 is 15.1 Å². The van der Waals surface area contributed by atoms with E-state index in [1.54, 1.807) is 0 Å². The van der Waals surface area contributed by atoms with Crippen LogP contribution in [-0.4, -0.2) is 43.9 Å². The van der Waals surface area contributed by atoms with Crippen molar-refractivity contribution >= 4 is 17.5 Å². The average molecular weight is 395 g/mol. The highest BCUT2D eigenvalue weighted by molar-refractivity contribution is 5.92. The number of nitrogens with one attached hydrogen (secondary N) is 2. The van der Waals surface area contributed by atoms with Gasteiger partial charge in [-0.05, 0) is 61.4 Å². The molecule has 1 unspecified atom stereocenters. The maximum atomic E-state index is 12.9. The quantitative estimate of drug-likeness (QED) is 0.790. The molecule has 2 N–H and O–H groups in total. The lowest BCUT2D eigenvalue weighted by Crippen LogP contribution is -3.11. The van der Waals surface area contributed by atoms with Gasteiger partial charge in [0.2, 0.25) is 0 Å². The van der Waals surface area contributed by atoms with Crippen LogP contribution in [0.5, 0.6) is 0 Å². The number of hydrogen-bond acceptors (Lipinski definition) is 2. The Balaban J connectivity index is 1.56. The molecule has 2 amide bonds. The van der Waals surface area contributed by atoms with Gasteiger partial charge in [-0.25, -0.2) is 0 Å². The van der Waals surface area contributed by atoms with Crippen LogP contribution >= 0.6 is 0 Å². The second kappa shape index (κ2) is 9.23. The van der Waals surface area contributed by atoms with Gasteiger partial charge in [-0.15, -0.1) is 0 Å². The Bertz CT molecular complexity index is 893. The number of rotatable bonds is 6. The van der Waals surface area contributed by atoms with Crippen molar-refractivity contribution in [3.05, 3.63) is 64.7 Å². The molecule has 0 heterocycles. The van der Waals surface area contributed by atoms with E-state index in [2.05, 4.69) is 23.5 Å². The Morgan fingerprint density at radius 1 is 1.10 bits per heavy atom. The van der Waals surface area contributed by atoms with E-state index >= 15 is 0 Å². The number of quaternary nitrogens is 1. The third-order valence-electron chi connectivity index (χ3n) is 5.99. The predicted molar refractivity (Wildman–Crippen MR) is 116 cm³/mol. The maximum absolute atomic E-state index is 12.9. The Labute approximate surface area is 173 Å². The first-order chi connectivity index (χ1) is 13.9. The van der Waals surface area contributed by atoms with E-state index in [1.165, 1.54) is 11.1 Å². The zero-order chi connectivity index (χ0) is 21.0. The van der Waals surface area contributed by atoms with Gasteiger partial charge in [0.15, 0.2) is 13.1 Å². The Kier molecular flexibility index (Phi) is 6.70. The van der Waals surface area contributed by atoms with E-state index in [9.17, 15) is 9.59 Å². The van der Waals surface area contributed by atoms with Gasteiger partial charge in [0.1, 0.15) is 0 Å². The molecule has 0 saturated heterocycles. The molecule has 3 rings (SSSR count). The van der Waals surface area contributed by atoms with Crippen LogP contribution in [0.3, 0.4) is 0 Å². The highest BCUT2D eigenvalue weighted by Gasteiger charge is 2.28. The van der Waals surface area contributed by atoms with Crippen molar-refractivity contribution in [2.24, 2.45) is 0 Å². The molecule has 0 fully saturated rings. The number of likely N-dealkylation sites (N-methyl/N-ethyl adjacent to an activating group) is 2. The lowest BCUT2D eigenvalue weighted by atomic mass is 9.87. The minimum atomic E-state index is -0.0744. The van der Waals surface area contributed by atoms with Crippen LogP contribution in [0.2, 0.25) is 0 Å². The number of carbonyl (C=O) groups excluding carboxylic acids is 2. The number of fused-ring (bicyclic) bond motifs is 1. The Morgan fingerprint density at radius 3 is 2.66 bits per heavy atom. The van der Waals surface area contributed by atoms with E-state index in [0.29, 0.717) is 6.54 Å². The lowest BCUT2D eigenvalue weighted by Gasteiger charge is -2.33. The van der Waals surface area contributed by atoms with Crippen LogP contribution < -0.4 is 10.2 Å². The second-order valence-corrected chi connectivity index (χ2v) is 8.22. The Hall–Kier alpha value is -2.66. The summed E-state index contributed by atoms with van der Waals surface area (Å²) < 4.78 is 0. The molecule has 2 atom stereocenters. The molecule has 0 aromatic heterocycles. The molecular formula is C24H32N3O2+. The highest BCUT2D eigenvalue weighted by atomic mass is 16.2. The van der Waals surface area contributed by atoms with E-state index in [1.807, 2.05) is 57.1 Å². The largest absolute Gasteiger partial charge is 0.334 e. The summed E-state index contributed by atoms with van der Waals surface area (Å²) in [6, 6.07) is 14.4.